The van der Waals surface area contributed by atoms with Crippen molar-refractivity contribution >= 4 is 5.97 Å². The molecule has 2 aromatic rings. The van der Waals surface area contributed by atoms with Crippen LogP contribution < -0.4 is 5.32 Å². The normalized spacial score (nSPS) is 15.8. The Morgan fingerprint density at radius 2 is 2.15 bits per heavy atom. The molecule has 5 nitrogen and oxygen atoms in total. The highest BCUT2D eigenvalue weighted by molar-refractivity contribution is 5.77. The topological polar surface area (TPSA) is 56.1 Å². The fraction of sp³-hybridized carbons (Fsp3) is 0.333. The third-order valence-electron chi connectivity index (χ3n) is 3.37. The van der Waals surface area contributed by atoms with Crippen LogP contribution in [0.15, 0.2) is 42.7 Å². The van der Waals surface area contributed by atoms with Crippen LogP contribution in [0.4, 0.5) is 0 Å². The van der Waals surface area contributed by atoms with Gasteiger partial charge in [0, 0.05) is 17.8 Å². The molecular weight excluding hydrogens is 254 g/mol. The van der Waals surface area contributed by atoms with E-state index in [2.05, 4.69) is 10.4 Å². The Kier molecular flexibility index (Phi) is 3.52. The van der Waals surface area contributed by atoms with E-state index in [-0.39, 0.29) is 5.97 Å². The highest BCUT2D eigenvalue weighted by atomic mass is 16.5. The molecule has 104 valence electrons. The molecule has 1 heterocycles. The van der Waals surface area contributed by atoms with E-state index >= 15 is 0 Å². The molecule has 20 heavy (non-hydrogen) atoms. The number of rotatable bonds is 5. The van der Waals surface area contributed by atoms with Crippen LogP contribution in [-0.2, 0) is 9.53 Å². The van der Waals surface area contributed by atoms with Crippen LogP contribution in [0.2, 0.25) is 0 Å². The van der Waals surface area contributed by atoms with E-state index in [1.165, 1.54) is 7.11 Å². The van der Waals surface area contributed by atoms with Gasteiger partial charge in [-0.3, -0.25) is 5.32 Å². The Morgan fingerprint density at radius 1 is 1.40 bits per heavy atom. The number of hydrogen-bond acceptors (Lipinski definition) is 4. The Balaban J connectivity index is 1.84. The highest BCUT2D eigenvalue weighted by Gasteiger charge is 2.30. The van der Waals surface area contributed by atoms with Crippen molar-refractivity contribution in [2.45, 2.75) is 24.9 Å². The van der Waals surface area contributed by atoms with E-state index in [0.29, 0.717) is 6.04 Å². The smallest absolute Gasteiger partial charge is 0.327 e. The summed E-state index contributed by atoms with van der Waals surface area (Å²) < 4.78 is 6.64. The molecule has 1 aromatic heterocycles. The molecule has 1 aliphatic carbocycles. The lowest BCUT2D eigenvalue weighted by molar-refractivity contribution is -0.143. The van der Waals surface area contributed by atoms with Gasteiger partial charge in [-0.15, -0.1) is 0 Å². The number of esters is 1. The fourth-order valence-electron chi connectivity index (χ4n) is 2.11. The number of hydrogen-bond donors (Lipinski definition) is 1. The van der Waals surface area contributed by atoms with Crippen LogP contribution in [-0.4, -0.2) is 28.9 Å². The van der Waals surface area contributed by atoms with Gasteiger partial charge in [-0.1, -0.05) is 18.2 Å². The number of ether oxygens (including phenoxy) is 1. The highest BCUT2D eigenvalue weighted by Crippen LogP contribution is 2.25. The van der Waals surface area contributed by atoms with Gasteiger partial charge >= 0.3 is 5.97 Å². The van der Waals surface area contributed by atoms with Crippen LogP contribution >= 0.6 is 0 Å². The number of nitrogens with zero attached hydrogens (tertiary/aromatic N) is 2. The minimum Gasteiger partial charge on any atom is -0.468 e. The zero-order chi connectivity index (χ0) is 13.9. The summed E-state index contributed by atoms with van der Waals surface area (Å²) in [7, 11) is 1.41. The van der Waals surface area contributed by atoms with E-state index in [1.54, 1.807) is 10.9 Å². The molecule has 0 aliphatic heterocycles. The quantitative estimate of drug-likeness (QED) is 0.843. The first-order valence-electron chi connectivity index (χ1n) is 6.72. The van der Waals surface area contributed by atoms with Crippen molar-refractivity contribution in [1.29, 1.82) is 0 Å². The number of para-hydroxylation sites is 1. The zero-order valence-electron chi connectivity index (χ0n) is 11.3. The minimum absolute atomic E-state index is 0.274. The Bertz CT molecular complexity index is 590. The molecule has 1 aliphatic rings. The SMILES string of the molecule is COC(=O)C(NC1CC1)c1cnn(-c2ccccc2)c1. The van der Waals surface area contributed by atoms with Crippen LogP contribution in [0.3, 0.4) is 0 Å². The number of carbonyl (C=O) groups is 1. The second-order valence-electron chi connectivity index (χ2n) is 4.95. The fourth-order valence-corrected chi connectivity index (χ4v) is 2.11. The van der Waals surface area contributed by atoms with Crippen molar-refractivity contribution in [3.05, 3.63) is 48.3 Å². The van der Waals surface area contributed by atoms with E-state index in [0.717, 1.165) is 24.1 Å². The third kappa shape index (κ3) is 2.72. The summed E-state index contributed by atoms with van der Waals surface area (Å²) in [5.41, 5.74) is 1.79. The zero-order valence-corrected chi connectivity index (χ0v) is 11.3. The second-order valence-corrected chi connectivity index (χ2v) is 4.95. The number of aromatic nitrogens is 2. The van der Waals surface area contributed by atoms with Crippen molar-refractivity contribution < 1.29 is 9.53 Å². The molecule has 0 radical (unpaired) electrons. The van der Waals surface area contributed by atoms with E-state index in [4.69, 9.17) is 4.74 Å². The lowest BCUT2D eigenvalue weighted by atomic mass is 10.1. The van der Waals surface area contributed by atoms with Gasteiger partial charge in [0.1, 0.15) is 6.04 Å². The summed E-state index contributed by atoms with van der Waals surface area (Å²) in [4.78, 5) is 11.9. The van der Waals surface area contributed by atoms with Gasteiger partial charge in [-0.25, -0.2) is 9.48 Å². The van der Waals surface area contributed by atoms with Crippen molar-refractivity contribution in [2.75, 3.05) is 7.11 Å². The van der Waals surface area contributed by atoms with Crippen molar-refractivity contribution in [3.63, 3.8) is 0 Å². The Hall–Kier alpha value is -2.14. The van der Waals surface area contributed by atoms with Crippen molar-refractivity contribution in [3.8, 4) is 5.69 Å². The van der Waals surface area contributed by atoms with Gasteiger partial charge < -0.3 is 4.74 Å². The monoisotopic (exact) mass is 271 g/mol. The number of nitrogens with one attached hydrogen (secondary N) is 1. The van der Waals surface area contributed by atoms with Gasteiger partial charge in [0.05, 0.1) is 19.0 Å². The summed E-state index contributed by atoms with van der Waals surface area (Å²) in [6.45, 7) is 0. The Labute approximate surface area is 117 Å². The third-order valence-corrected chi connectivity index (χ3v) is 3.37. The van der Waals surface area contributed by atoms with Gasteiger partial charge in [0.15, 0.2) is 0 Å². The first-order valence-corrected chi connectivity index (χ1v) is 6.72. The molecule has 1 unspecified atom stereocenters. The summed E-state index contributed by atoms with van der Waals surface area (Å²) >= 11 is 0. The summed E-state index contributed by atoms with van der Waals surface area (Å²) in [5.74, 6) is -0.274. The van der Waals surface area contributed by atoms with Crippen LogP contribution in [0.25, 0.3) is 5.69 Å². The molecule has 1 fully saturated rings. The number of benzene rings is 1. The first-order chi connectivity index (χ1) is 9.78. The first kappa shape index (κ1) is 12.9. The second kappa shape index (κ2) is 5.46. The summed E-state index contributed by atoms with van der Waals surface area (Å²) in [5, 5.41) is 7.62. The van der Waals surface area contributed by atoms with Gasteiger partial charge in [-0.05, 0) is 25.0 Å². The minimum atomic E-state index is -0.440. The van der Waals surface area contributed by atoms with Gasteiger partial charge in [-0.2, -0.15) is 5.10 Å². The predicted octanol–water partition coefficient (Wildman–Crippen LogP) is 1.84. The molecule has 1 atom stereocenters. The Morgan fingerprint density at radius 3 is 2.80 bits per heavy atom. The lowest BCUT2D eigenvalue weighted by Crippen LogP contribution is -2.30. The molecule has 0 bridgehead atoms. The predicted molar refractivity (Wildman–Crippen MR) is 74.5 cm³/mol. The van der Waals surface area contributed by atoms with Gasteiger partial charge in [0.25, 0.3) is 0 Å². The maximum Gasteiger partial charge on any atom is 0.327 e. The van der Waals surface area contributed by atoms with Crippen molar-refractivity contribution in [2.24, 2.45) is 0 Å². The van der Waals surface area contributed by atoms with Crippen LogP contribution in [0.1, 0.15) is 24.4 Å². The van der Waals surface area contributed by atoms with Crippen LogP contribution in [0, 0.1) is 0 Å². The summed E-state index contributed by atoms with van der Waals surface area (Å²) in [6, 6.07) is 9.79. The number of carbonyl (C=O) groups excluding carboxylic acids is 1. The molecule has 1 N–H and O–H groups in total. The average Bonchev–Trinajstić information content (AvgIpc) is 3.19. The average molecular weight is 271 g/mol. The molecular formula is C15H17N3O2. The number of methoxy groups -OCH3 is 1. The maximum atomic E-state index is 11.9. The van der Waals surface area contributed by atoms with E-state index < -0.39 is 6.04 Å². The molecule has 0 saturated heterocycles. The lowest BCUT2D eigenvalue weighted by Gasteiger charge is -2.14. The molecule has 1 aromatic carbocycles. The standard InChI is InChI=1S/C15H17N3O2/c1-20-15(19)14(17-12-7-8-12)11-9-16-18(10-11)13-5-3-2-4-6-13/h2-6,9-10,12,14,17H,7-8H2,1H3. The van der Waals surface area contributed by atoms with Crippen molar-refractivity contribution in [1.82, 2.24) is 15.1 Å². The van der Waals surface area contributed by atoms with Gasteiger partial charge in [0.2, 0.25) is 0 Å². The maximum absolute atomic E-state index is 11.9. The molecule has 0 amide bonds. The molecule has 1 saturated carbocycles. The summed E-state index contributed by atoms with van der Waals surface area (Å²) in [6.07, 6.45) is 5.80. The molecule has 0 spiro atoms. The largest absolute Gasteiger partial charge is 0.468 e. The van der Waals surface area contributed by atoms with E-state index in [9.17, 15) is 4.79 Å². The molecule has 5 heteroatoms. The molecule has 3 rings (SSSR count). The van der Waals surface area contributed by atoms with Crippen LogP contribution in [0.5, 0.6) is 0 Å². The van der Waals surface area contributed by atoms with E-state index in [1.807, 2.05) is 36.5 Å².